The quantitative estimate of drug-likeness (QED) is 0.707. The number of pyridine rings is 1. The molecule has 2 aromatic rings. The summed E-state index contributed by atoms with van der Waals surface area (Å²) in [7, 11) is 0. The molecular weight excluding hydrogens is 186 g/mol. The summed E-state index contributed by atoms with van der Waals surface area (Å²) in [5.41, 5.74) is 1.93. The monoisotopic (exact) mass is 198 g/mol. The van der Waals surface area contributed by atoms with Gasteiger partial charge in [0.1, 0.15) is 5.58 Å². The van der Waals surface area contributed by atoms with E-state index in [9.17, 15) is 0 Å². The number of hydrogen-bond donors (Lipinski definition) is 0. The standard InChI is InChI=1S/C13H12NO/c1-2-3-4-5-6-12-11-8-10-15-13(11)7-9-14-12/h2-5,7-10H,1,6H2. The first kappa shape index (κ1) is 9.71. The molecule has 0 aromatic carbocycles. The van der Waals surface area contributed by atoms with E-state index in [0.717, 1.165) is 23.1 Å². The Hall–Kier alpha value is -1.83. The van der Waals surface area contributed by atoms with Gasteiger partial charge in [-0.25, -0.2) is 0 Å². The molecule has 2 heteroatoms. The highest BCUT2D eigenvalue weighted by Crippen LogP contribution is 2.18. The lowest BCUT2D eigenvalue weighted by Gasteiger charge is -1.96. The smallest absolute Gasteiger partial charge is 0.137 e. The van der Waals surface area contributed by atoms with Gasteiger partial charge >= 0.3 is 0 Å². The SMILES string of the molecule is [CH2]C=CC=CCc1nccc2occc12. The number of rotatable bonds is 3. The lowest BCUT2D eigenvalue weighted by molar-refractivity contribution is 0.615. The van der Waals surface area contributed by atoms with Crippen molar-refractivity contribution in [3.05, 3.63) is 61.5 Å². The third-order valence-electron chi connectivity index (χ3n) is 2.16. The Morgan fingerprint density at radius 2 is 2.27 bits per heavy atom. The average molecular weight is 198 g/mol. The van der Waals surface area contributed by atoms with Gasteiger partial charge in [-0.05, 0) is 19.1 Å². The average Bonchev–Trinajstić information content (AvgIpc) is 2.73. The van der Waals surface area contributed by atoms with Crippen LogP contribution in [0.1, 0.15) is 5.69 Å². The Balaban J connectivity index is 2.24. The van der Waals surface area contributed by atoms with Gasteiger partial charge in [-0.3, -0.25) is 4.98 Å². The first-order valence-electron chi connectivity index (χ1n) is 4.84. The van der Waals surface area contributed by atoms with E-state index in [1.807, 2.05) is 24.3 Å². The molecule has 0 spiro atoms. The minimum absolute atomic E-state index is 0.807. The van der Waals surface area contributed by atoms with Crippen LogP contribution in [0.2, 0.25) is 0 Å². The first-order valence-corrected chi connectivity index (χ1v) is 4.84. The van der Waals surface area contributed by atoms with Crippen LogP contribution in [-0.4, -0.2) is 4.98 Å². The molecular formula is C13H12NO. The molecule has 2 rings (SSSR count). The Morgan fingerprint density at radius 1 is 1.33 bits per heavy atom. The van der Waals surface area contributed by atoms with Crippen LogP contribution in [0.3, 0.4) is 0 Å². The van der Waals surface area contributed by atoms with Gasteiger partial charge in [-0.1, -0.05) is 24.3 Å². The summed E-state index contributed by atoms with van der Waals surface area (Å²) in [5, 5.41) is 1.08. The number of hydrogen-bond acceptors (Lipinski definition) is 2. The van der Waals surface area contributed by atoms with Crippen molar-refractivity contribution in [3.63, 3.8) is 0 Å². The normalized spacial score (nSPS) is 12.1. The van der Waals surface area contributed by atoms with E-state index >= 15 is 0 Å². The van der Waals surface area contributed by atoms with E-state index in [1.54, 1.807) is 18.5 Å². The highest BCUT2D eigenvalue weighted by atomic mass is 16.3. The second-order valence-electron chi connectivity index (χ2n) is 3.15. The predicted molar refractivity (Wildman–Crippen MR) is 61.4 cm³/mol. The maximum atomic E-state index is 5.30. The molecule has 75 valence electrons. The number of furan rings is 1. The van der Waals surface area contributed by atoms with Crippen LogP contribution in [0.15, 0.2) is 53.3 Å². The zero-order chi connectivity index (χ0) is 10.5. The van der Waals surface area contributed by atoms with E-state index in [-0.39, 0.29) is 0 Å². The molecule has 0 aliphatic heterocycles. The maximum absolute atomic E-state index is 5.30. The van der Waals surface area contributed by atoms with Crippen molar-refractivity contribution >= 4 is 11.0 Å². The van der Waals surface area contributed by atoms with Gasteiger partial charge in [0.2, 0.25) is 0 Å². The second-order valence-corrected chi connectivity index (χ2v) is 3.15. The lowest BCUT2D eigenvalue weighted by atomic mass is 10.2. The van der Waals surface area contributed by atoms with Crippen molar-refractivity contribution in [2.45, 2.75) is 6.42 Å². The Bertz CT molecular complexity index is 494. The molecule has 2 heterocycles. The highest BCUT2D eigenvalue weighted by Gasteiger charge is 2.01. The molecule has 0 saturated carbocycles. The van der Waals surface area contributed by atoms with E-state index in [0.29, 0.717) is 0 Å². The molecule has 0 saturated heterocycles. The van der Waals surface area contributed by atoms with Crippen molar-refractivity contribution < 1.29 is 4.42 Å². The number of aromatic nitrogens is 1. The van der Waals surface area contributed by atoms with Gasteiger partial charge in [-0.2, -0.15) is 0 Å². The van der Waals surface area contributed by atoms with Gasteiger partial charge in [0.25, 0.3) is 0 Å². The van der Waals surface area contributed by atoms with E-state index in [1.165, 1.54) is 0 Å². The molecule has 0 unspecified atom stereocenters. The summed E-state index contributed by atoms with van der Waals surface area (Å²) in [5.74, 6) is 0. The van der Waals surface area contributed by atoms with Crippen LogP contribution in [0.25, 0.3) is 11.0 Å². The molecule has 0 fully saturated rings. The van der Waals surface area contributed by atoms with Gasteiger partial charge < -0.3 is 4.42 Å². The number of allylic oxidation sites excluding steroid dienone is 4. The molecule has 0 aliphatic rings. The molecule has 0 aliphatic carbocycles. The topological polar surface area (TPSA) is 26.0 Å². The molecule has 0 N–H and O–H groups in total. The van der Waals surface area contributed by atoms with Crippen molar-refractivity contribution in [2.24, 2.45) is 0 Å². The number of fused-ring (bicyclic) bond motifs is 1. The Kier molecular flexibility index (Phi) is 2.98. The van der Waals surface area contributed by atoms with Gasteiger partial charge in [0.05, 0.1) is 12.0 Å². The molecule has 0 amide bonds. The molecule has 2 nitrogen and oxygen atoms in total. The minimum atomic E-state index is 0.807. The number of nitrogens with zero attached hydrogens (tertiary/aromatic N) is 1. The summed E-state index contributed by atoms with van der Waals surface area (Å²) in [4.78, 5) is 4.33. The van der Waals surface area contributed by atoms with Crippen LogP contribution < -0.4 is 0 Å². The third-order valence-corrected chi connectivity index (χ3v) is 2.16. The van der Waals surface area contributed by atoms with Crippen LogP contribution in [0.4, 0.5) is 0 Å². The largest absolute Gasteiger partial charge is 0.464 e. The summed E-state index contributed by atoms with van der Waals surface area (Å²) >= 11 is 0. The third kappa shape index (κ3) is 2.15. The van der Waals surface area contributed by atoms with Crippen molar-refractivity contribution in [1.82, 2.24) is 4.98 Å². The first-order chi connectivity index (χ1) is 7.42. The van der Waals surface area contributed by atoms with Crippen molar-refractivity contribution in [3.8, 4) is 0 Å². The summed E-state index contributed by atoms with van der Waals surface area (Å²) in [6.45, 7) is 3.61. The predicted octanol–water partition coefficient (Wildman–Crippen LogP) is 3.32. The highest BCUT2D eigenvalue weighted by molar-refractivity contribution is 5.79. The molecule has 2 aromatic heterocycles. The fourth-order valence-electron chi connectivity index (χ4n) is 1.45. The van der Waals surface area contributed by atoms with Crippen molar-refractivity contribution in [2.75, 3.05) is 0 Å². The van der Waals surface area contributed by atoms with Crippen LogP contribution >= 0.6 is 0 Å². The zero-order valence-corrected chi connectivity index (χ0v) is 8.39. The molecule has 0 bridgehead atoms. The lowest BCUT2D eigenvalue weighted by Crippen LogP contribution is -1.86. The molecule has 0 atom stereocenters. The van der Waals surface area contributed by atoms with Gasteiger partial charge in [-0.15, -0.1) is 0 Å². The van der Waals surface area contributed by atoms with Gasteiger partial charge in [0.15, 0.2) is 0 Å². The fourth-order valence-corrected chi connectivity index (χ4v) is 1.45. The maximum Gasteiger partial charge on any atom is 0.137 e. The molecule has 1 radical (unpaired) electrons. The van der Waals surface area contributed by atoms with Crippen LogP contribution in [0.5, 0.6) is 0 Å². The van der Waals surface area contributed by atoms with E-state index < -0.39 is 0 Å². The van der Waals surface area contributed by atoms with Gasteiger partial charge in [0, 0.05) is 18.0 Å². The Morgan fingerprint density at radius 3 is 3.13 bits per heavy atom. The van der Waals surface area contributed by atoms with Crippen LogP contribution in [0, 0.1) is 6.92 Å². The summed E-state index contributed by atoms with van der Waals surface area (Å²) in [6.07, 6.45) is 11.9. The fraction of sp³-hybridized carbons (Fsp3) is 0.0769. The van der Waals surface area contributed by atoms with E-state index in [4.69, 9.17) is 4.42 Å². The second kappa shape index (κ2) is 4.60. The Labute approximate surface area is 88.9 Å². The summed E-state index contributed by atoms with van der Waals surface area (Å²) in [6, 6.07) is 3.82. The van der Waals surface area contributed by atoms with E-state index in [2.05, 4.69) is 18.0 Å². The summed E-state index contributed by atoms with van der Waals surface area (Å²) < 4.78 is 5.30. The molecule has 15 heavy (non-hydrogen) atoms. The van der Waals surface area contributed by atoms with Crippen LogP contribution in [-0.2, 0) is 6.42 Å². The zero-order valence-electron chi connectivity index (χ0n) is 8.39. The minimum Gasteiger partial charge on any atom is -0.464 e. The van der Waals surface area contributed by atoms with Crippen molar-refractivity contribution in [1.29, 1.82) is 0 Å².